The Morgan fingerprint density at radius 2 is 2.16 bits per heavy atom. The van der Waals surface area contributed by atoms with Crippen molar-refractivity contribution in [2.45, 2.75) is 13.5 Å². The minimum absolute atomic E-state index is 0.0478. The maximum atomic E-state index is 13.9. The molecule has 0 amide bonds. The van der Waals surface area contributed by atoms with Crippen molar-refractivity contribution in [1.82, 2.24) is 0 Å². The number of carboxylic acids is 1. The lowest BCUT2D eigenvalue weighted by Crippen LogP contribution is -2.25. The largest absolute Gasteiger partial charge is 0.478 e. The molecule has 0 aliphatic heterocycles. The molecule has 1 heterocycles. The number of aromatic carboxylic acids is 1. The van der Waals surface area contributed by atoms with Crippen LogP contribution in [0, 0.1) is 5.82 Å². The summed E-state index contributed by atoms with van der Waals surface area (Å²) in [6, 6.07) is 7.55. The first kappa shape index (κ1) is 13.1. The zero-order valence-corrected chi connectivity index (χ0v) is 10.5. The van der Waals surface area contributed by atoms with Gasteiger partial charge in [0.2, 0.25) is 0 Å². The van der Waals surface area contributed by atoms with Crippen molar-refractivity contribution < 1.29 is 18.7 Å². The Morgan fingerprint density at radius 1 is 1.37 bits per heavy atom. The summed E-state index contributed by atoms with van der Waals surface area (Å²) in [6.07, 6.45) is 1.53. The molecule has 0 unspecified atom stereocenters. The Hall–Kier alpha value is -2.30. The highest BCUT2D eigenvalue weighted by molar-refractivity contribution is 5.94. The van der Waals surface area contributed by atoms with Crippen molar-refractivity contribution in [3.63, 3.8) is 0 Å². The molecule has 100 valence electrons. The number of nitrogens with zero attached hydrogens (tertiary/aromatic N) is 1. The number of hydrogen-bond donors (Lipinski definition) is 1. The summed E-state index contributed by atoms with van der Waals surface area (Å²) in [5, 5.41) is 9.14. The summed E-state index contributed by atoms with van der Waals surface area (Å²) < 4.78 is 19.2. The number of halogens is 1. The third-order valence-electron chi connectivity index (χ3n) is 2.84. The van der Waals surface area contributed by atoms with Crippen molar-refractivity contribution in [2.24, 2.45) is 0 Å². The topological polar surface area (TPSA) is 53.7 Å². The van der Waals surface area contributed by atoms with Gasteiger partial charge in [0.1, 0.15) is 11.6 Å². The highest BCUT2D eigenvalue weighted by Gasteiger charge is 2.20. The third-order valence-corrected chi connectivity index (χ3v) is 2.84. The molecule has 1 aromatic heterocycles. The number of benzene rings is 1. The molecular formula is C14H14FNO3. The molecule has 5 heteroatoms. The molecule has 1 aromatic carbocycles. The van der Waals surface area contributed by atoms with E-state index in [2.05, 4.69) is 0 Å². The summed E-state index contributed by atoms with van der Waals surface area (Å²) in [5.74, 6) is -1.04. The molecule has 0 saturated heterocycles. The van der Waals surface area contributed by atoms with E-state index in [1.165, 1.54) is 24.5 Å². The number of carboxylic acid groups (broad SMARTS) is 1. The van der Waals surface area contributed by atoms with Gasteiger partial charge >= 0.3 is 5.97 Å². The second-order valence-electron chi connectivity index (χ2n) is 4.03. The van der Waals surface area contributed by atoms with Crippen LogP contribution in [0.5, 0.6) is 0 Å². The van der Waals surface area contributed by atoms with Crippen molar-refractivity contribution in [3.8, 4) is 0 Å². The van der Waals surface area contributed by atoms with Gasteiger partial charge in [-0.15, -0.1) is 0 Å². The molecule has 0 aliphatic carbocycles. The first-order chi connectivity index (χ1) is 9.13. The number of rotatable bonds is 5. The van der Waals surface area contributed by atoms with Gasteiger partial charge in [0, 0.05) is 6.54 Å². The normalized spacial score (nSPS) is 10.4. The number of carbonyl (C=O) groups is 1. The van der Waals surface area contributed by atoms with Crippen LogP contribution in [0.1, 0.15) is 23.0 Å². The Morgan fingerprint density at radius 3 is 2.74 bits per heavy atom. The number of hydrogen-bond acceptors (Lipinski definition) is 3. The second kappa shape index (κ2) is 5.56. The Balaban J connectivity index is 2.40. The summed E-state index contributed by atoms with van der Waals surface area (Å²) in [4.78, 5) is 12.8. The average molecular weight is 263 g/mol. The van der Waals surface area contributed by atoms with Gasteiger partial charge in [0.15, 0.2) is 0 Å². The van der Waals surface area contributed by atoms with Crippen molar-refractivity contribution >= 4 is 11.7 Å². The molecule has 0 atom stereocenters. The average Bonchev–Trinajstić information content (AvgIpc) is 2.89. The molecule has 0 radical (unpaired) electrons. The highest BCUT2D eigenvalue weighted by Crippen LogP contribution is 2.26. The first-order valence-corrected chi connectivity index (χ1v) is 5.92. The van der Waals surface area contributed by atoms with E-state index in [9.17, 15) is 9.18 Å². The predicted molar refractivity (Wildman–Crippen MR) is 68.8 cm³/mol. The Labute approximate surface area is 110 Å². The van der Waals surface area contributed by atoms with Crippen LogP contribution >= 0.6 is 0 Å². The Kier molecular flexibility index (Phi) is 3.85. The molecule has 0 saturated carbocycles. The summed E-state index contributed by atoms with van der Waals surface area (Å²) in [6.45, 7) is 2.63. The standard InChI is InChI=1S/C14H14FNO3/c1-2-16(9-10-5-4-8-19-10)13-11(14(17)18)6-3-7-12(13)15/h3-8H,2,9H2,1H3,(H,17,18). The van der Waals surface area contributed by atoms with Gasteiger partial charge in [-0.05, 0) is 31.2 Å². The first-order valence-electron chi connectivity index (χ1n) is 5.92. The molecule has 1 N–H and O–H groups in total. The van der Waals surface area contributed by atoms with E-state index in [4.69, 9.17) is 9.52 Å². The molecule has 2 rings (SSSR count). The summed E-state index contributed by atoms with van der Waals surface area (Å²) in [7, 11) is 0. The van der Waals surface area contributed by atoms with E-state index in [1.807, 2.05) is 6.92 Å². The lowest BCUT2D eigenvalue weighted by Gasteiger charge is -2.24. The fraction of sp³-hybridized carbons (Fsp3) is 0.214. The highest BCUT2D eigenvalue weighted by atomic mass is 19.1. The molecule has 0 aliphatic rings. The van der Waals surface area contributed by atoms with E-state index in [0.29, 0.717) is 18.8 Å². The van der Waals surface area contributed by atoms with Gasteiger partial charge in [-0.3, -0.25) is 0 Å². The van der Waals surface area contributed by atoms with Crippen molar-refractivity contribution in [3.05, 3.63) is 53.7 Å². The van der Waals surface area contributed by atoms with Crippen molar-refractivity contribution in [1.29, 1.82) is 0 Å². The van der Waals surface area contributed by atoms with Crippen LogP contribution in [-0.4, -0.2) is 17.6 Å². The molecule has 0 bridgehead atoms. The minimum Gasteiger partial charge on any atom is -0.478 e. The fourth-order valence-corrected chi connectivity index (χ4v) is 1.95. The van der Waals surface area contributed by atoms with Gasteiger partial charge in [0.05, 0.1) is 24.1 Å². The summed E-state index contributed by atoms with van der Waals surface area (Å²) in [5.41, 5.74) is 0.0438. The van der Waals surface area contributed by atoms with Crippen molar-refractivity contribution in [2.75, 3.05) is 11.4 Å². The van der Waals surface area contributed by atoms with E-state index in [1.54, 1.807) is 17.0 Å². The molecule has 19 heavy (non-hydrogen) atoms. The number of furan rings is 1. The monoisotopic (exact) mass is 263 g/mol. The zero-order chi connectivity index (χ0) is 13.8. The van der Waals surface area contributed by atoms with Gasteiger partial charge in [-0.1, -0.05) is 6.07 Å². The van der Waals surface area contributed by atoms with Crippen LogP contribution < -0.4 is 4.90 Å². The van der Waals surface area contributed by atoms with Gasteiger partial charge in [-0.25, -0.2) is 9.18 Å². The Bertz CT molecular complexity index is 566. The molecule has 0 fully saturated rings. The van der Waals surface area contributed by atoms with Crippen LogP contribution in [0.15, 0.2) is 41.0 Å². The van der Waals surface area contributed by atoms with Crippen LogP contribution in [-0.2, 0) is 6.54 Å². The summed E-state index contributed by atoms with van der Waals surface area (Å²) >= 11 is 0. The predicted octanol–water partition coefficient (Wildman–Crippen LogP) is 3.14. The smallest absolute Gasteiger partial charge is 0.337 e. The van der Waals surface area contributed by atoms with Crippen LogP contribution in [0.3, 0.4) is 0 Å². The molecular weight excluding hydrogens is 249 g/mol. The molecule has 2 aromatic rings. The number of para-hydroxylation sites is 1. The zero-order valence-electron chi connectivity index (χ0n) is 10.5. The van der Waals surface area contributed by atoms with Crippen LogP contribution in [0.2, 0.25) is 0 Å². The van der Waals surface area contributed by atoms with Gasteiger partial charge < -0.3 is 14.4 Å². The second-order valence-corrected chi connectivity index (χ2v) is 4.03. The van der Waals surface area contributed by atoms with Crippen LogP contribution in [0.25, 0.3) is 0 Å². The lowest BCUT2D eigenvalue weighted by atomic mass is 10.1. The van der Waals surface area contributed by atoms with E-state index >= 15 is 0 Å². The number of anilines is 1. The minimum atomic E-state index is -1.15. The molecule has 0 spiro atoms. The van der Waals surface area contributed by atoms with E-state index in [-0.39, 0.29) is 11.3 Å². The lowest BCUT2D eigenvalue weighted by molar-refractivity contribution is 0.0697. The van der Waals surface area contributed by atoms with E-state index < -0.39 is 11.8 Å². The van der Waals surface area contributed by atoms with Gasteiger partial charge in [-0.2, -0.15) is 0 Å². The maximum Gasteiger partial charge on any atom is 0.337 e. The SMILES string of the molecule is CCN(Cc1ccco1)c1c(F)cccc1C(=O)O. The van der Waals surface area contributed by atoms with Crippen LogP contribution in [0.4, 0.5) is 10.1 Å². The quantitative estimate of drug-likeness (QED) is 0.900. The third kappa shape index (κ3) is 2.76. The van der Waals surface area contributed by atoms with Gasteiger partial charge in [0.25, 0.3) is 0 Å². The van der Waals surface area contributed by atoms with E-state index in [0.717, 1.165) is 0 Å². The maximum absolute atomic E-state index is 13.9. The fourth-order valence-electron chi connectivity index (χ4n) is 1.95. The molecule has 4 nitrogen and oxygen atoms in total.